The molecular weight excluding hydrogens is 233 g/mol. The number of hydrogen-bond donors (Lipinski definition) is 1. The topological polar surface area (TPSA) is 93.3 Å². The zero-order valence-electron chi connectivity index (χ0n) is 7.35. The van der Waals surface area contributed by atoms with Gasteiger partial charge in [-0.05, 0) is 0 Å². The van der Waals surface area contributed by atoms with Crippen molar-refractivity contribution in [2.45, 2.75) is 6.18 Å². The molecule has 1 aromatic rings. The van der Waals surface area contributed by atoms with Crippen molar-refractivity contribution >= 4 is 11.7 Å². The molecule has 0 spiro atoms. The molecule has 0 bridgehead atoms. The van der Waals surface area contributed by atoms with Crippen LogP contribution in [0.4, 0.5) is 18.9 Å². The lowest BCUT2D eigenvalue weighted by Crippen LogP contribution is -2.16. The number of aromatic carboxylic acids is 1. The highest BCUT2D eigenvalue weighted by Gasteiger charge is 2.42. The number of nitrogens with zero attached hydrogens (tertiary/aromatic N) is 2. The van der Waals surface area contributed by atoms with Crippen LogP contribution in [0.1, 0.15) is 15.9 Å². The third-order valence-electron chi connectivity index (χ3n) is 1.64. The number of nitro groups is 1. The van der Waals surface area contributed by atoms with Gasteiger partial charge in [0, 0.05) is 6.20 Å². The molecule has 0 atom stereocenters. The standard InChI is InChI=1S/C7H3F3N2O4/c8-7(9,10)5-3(6(13)14)1-11-2-4(5)12(15)16/h1-2H,(H,13,14). The van der Waals surface area contributed by atoms with Gasteiger partial charge in [0.15, 0.2) is 5.56 Å². The van der Waals surface area contributed by atoms with Crippen LogP contribution in [0.25, 0.3) is 0 Å². The molecule has 0 saturated heterocycles. The predicted molar refractivity (Wildman–Crippen MR) is 42.9 cm³/mol. The Morgan fingerprint density at radius 2 is 2.00 bits per heavy atom. The number of carboxylic acids is 1. The summed E-state index contributed by atoms with van der Waals surface area (Å²) in [5.74, 6) is -1.93. The fraction of sp³-hybridized carbons (Fsp3) is 0.143. The average molecular weight is 236 g/mol. The van der Waals surface area contributed by atoms with Crippen molar-refractivity contribution in [1.29, 1.82) is 0 Å². The second-order valence-electron chi connectivity index (χ2n) is 2.64. The number of pyridine rings is 1. The molecule has 0 aliphatic rings. The zero-order chi connectivity index (χ0) is 12.5. The van der Waals surface area contributed by atoms with Gasteiger partial charge in [0.25, 0.3) is 0 Å². The van der Waals surface area contributed by atoms with E-state index in [2.05, 4.69) is 4.98 Å². The van der Waals surface area contributed by atoms with Crippen LogP contribution in [-0.4, -0.2) is 21.0 Å². The minimum atomic E-state index is -5.13. The maximum atomic E-state index is 12.4. The second kappa shape index (κ2) is 3.76. The van der Waals surface area contributed by atoms with Crippen molar-refractivity contribution in [2.75, 3.05) is 0 Å². The van der Waals surface area contributed by atoms with Gasteiger partial charge in [-0.15, -0.1) is 0 Å². The van der Waals surface area contributed by atoms with Gasteiger partial charge >= 0.3 is 17.8 Å². The van der Waals surface area contributed by atoms with Crippen LogP contribution >= 0.6 is 0 Å². The summed E-state index contributed by atoms with van der Waals surface area (Å²) in [5.41, 5.74) is -4.44. The largest absolute Gasteiger partial charge is 0.478 e. The normalized spacial score (nSPS) is 11.2. The molecule has 1 aromatic heterocycles. The molecule has 0 aromatic carbocycles. The van der Waals surface area contributed by atoms with E-state index in [1.165, 1.54) is 0 Å². The quantitative estimate of drug-likeness (QED) is 0.623. The lowest BCUT2D eigenvalue weighted by atomic mass is 10.1. The van der Waals surface area contributed by atoms with Gasteiger partial charge in [-0.2, -0.15) is 13.2 Å². The minimum Gasteiger partial charge on any atom is -0.478 e. The summed E-state index contributed by atoms with van der Waals surface area (Å²) in [5, 5.41) is 18.8. The molecular formula is C7H3F3N2O4. The fourth-order valence-electron chi connectivity index (χ4n) is 1.05. The molecule has 86 valence electrons. The van der Waals surface area contributed by atoms with Crippen LogP contribution in [0.3, 0.4) is 0 Å². The Morgan fingerprint density at radius 3 is 2.38 bits per heavy atom. The fourth-order valence-corrected chi connectivity index (χ4v) is 1.05. The van der Waals surface area contributed by atoms with Gasteiger partial charge < -0.3 is 5.11 Å². The first-order valence-corrected chi connectivity index (χ1v) is 3.68. The van der Waals surface area contributed by atoms with Gasteiger partial charge in [-0.1, -0.05) is 0 Å². The maximum Gasteiger partial charge on any atom is 0.423 e. The Hall–Kier alpha value is -2.19. The summed E-state index contributed by atoms with van der Waals surface area (Å²) >= 11 is 0. The number of hydrogen-bond acceptors (Lipinski definition) is 4. The Kier molecular flexibility index (Phi) is 2.79. The van der Waals surface area contributed by atoms with Crippen molar-refractivity contribution in [3.05, 3.63) is 33.6 Å². The molecule has 0 amide bonds. The Balaban J connectivity index is 3.60. The summed E-state index contributed by atoms with van der Waals surface area (Å²) in [6.45, 7) is 0. The van der Waals surface area contributed by atoms with E-state index in [-0.39, 0.29) is 0 Å². The van der Waals surface area contributed by atoms with Crippen LogP contribution in [0.5, 0.6) is 0 Å². The smallest absolute Gasteiger partial charge is 0.423 e. The van der Waals surface area contributed by atoms with Crippen molar-refractivity contribution in [1.82, 2.24) is 4.98 Å². The summed E-state index contributed by atoms with van der Waals surface area (Å²) in [7, 11) is 0. The molecule has 0 aliphatic heterocycles. The molecule has 16 heavy (non-hydrogen) atoms. The molecule has 0 unspecified atom stereocenters. The minimum absolute atomic E-state index is 0.356. The molecule has 1 rings (SSSR count). The van der Waals surface area contributed by atoms with Crippen molar-refractivity contribution in [3.63, 3.8) is 0 Å². The summed E-state index contributed by atoms with van der Waals surface area (Å²) in [6.07, 6.45) is -4.35. The van der Waals surface area contributed by atoms with E-state index in [1.807, 2.05) is 0 Å². The van der Waals surface area contributed by atoms with Crippen LogP contribution in [0.2, 0.25) is 0 Å². The number of rotatable bonds is 2. The lowest BCUT2D eigenvalue weighted by Gasteiger charge is -2.09. The zero-order valence-corrected chi connectivity index (χ0v) is 7.35. The van der Waals surface area contributed by atoms with Crippen molar-refractivity contribution in [2.24, 2.45) is 0 Å². The molecule has 6 nitrogen and oxygen atoms in total. The lowest BCUT2D eigenvalue weighted by molar-refractivity contribution is -0.388. The molecule has 9 heteroatoms. The summed E-state index contributed by atoms with van der Waals surface area (Å²) in [4.78, 5) is 22.5. The highest BCUT2D eigenvalue weighted by molar-refractivity contribution is 5.90. The molecule has 1 heterocycles. The molecule has 0 fully saturated rings. The van der Waals surface area contributed by atoms with E-state index in [9.17, 15) is 28.1 Å². The molecule has 1 N–H and O–H groups in total. The van der Waals surface area contributed by atoms with Gasteiger partial charge in [0.2, 0.25) is 0 Å². The van der Waals surface area contributed by atoms with Gasteiger partial charge in [0.1, 0.15) is 6.20 Å². The van der Waals surface area contributed by atoms with E-state index in [0.717, 1.165) is 0 Å². The van der Waals surface area contributed by atoms with Crippen LogP contribution in [0.15, 0.2) is 12.4 Å². The van der Waals surface area contributed by atoms with E-state index >= 15 is 0 Å². The molecule has 0 radical (unpaired) electrons. The Labute approximate surface area is 85.5 Å². The molecule has 0 saturated carbocycles. The summed E-state index contributed by atoms with van der Waals surface area (Å²) < 4.78 is 37.3. The van der Waals surface area contributed by atoms with E-state index in [1.54, 1.807) is 0 Å². The maximum absolute atomic E-state index is 12.4. The summed E-state index contributed by atoms with van der Waals surface area (Å²) in [6, 6.07) is 0. The highest BCUT2D eigenvalue weighted by Crippen LogP contribution is 2.37. The first-order valence-electron chi connectivity index (χ1n) is 3.68. The Bertz CT molecular complexity index is 425. The third-order valence-corrected chi connectivity index (χ3v) is 1.64. The average Bonchev–Trinajstić information content (AvgIpc) is 2.15. The number of alkyl halides is 3. The van der Waals surface area contributed by atoms with Crippen LogP contribution in [-0.2, 0) is 6.18 Å². The highest BCUT2D eigenvalue weighted by atomic mass is 19.4. The van der Waals surface area contributed by atoms with Crippen molar-refractivity contribution in [3.8, 4) is 0 Å². The monoisotopic (exact) mass is 236 g/mol. The van der Waals surface area contributed by atoms with E-state index in [4.69, 9.17) is 5.11 Å². The number of carbonyl (C=O) groups is 1. The van der Waals surface area contributed by atoms with Crippen molar-refractivity contribution < 1.29 is 28.0 Å². The van der Waals surface area contributed by atoms with E-state index in [0.29, 0.717) is 12.4 Å². The van der Waals surface area contributed by atoms with Crippen LogP contribution < -0.4 is 0 Å². The van der Waals surface area contributed by atoms with Gasteiger partial charge in [-0.25, -0.2) is 4.79 Å². The van der Waals surface area contributed by atoms with Crippen LogP contribution in [0, 0.1) is 10.1 Å². The second-order valence-corrected chi connectivity index (χ2v) is 2.64. The number of aromatic nitrogens is 1. The third kappa shape index (κ3) is 2.07. The Morgan fingerprint density at radius 1 is 1.44 bits per heavy atom. The van der Waals surface area contributed by atoms with E-state index < -0.39 is 33.9 Å². The first-order chi connectivity index (χ1) is 7.25. The van der Waals surface area contributed by atoms with Gasteiger partial charge in [0.05, 0.1) is 10.5 Å². The SMILES string of the molecule is O=C(O)c1cncc([N+](=O)[O-])c1C(F)(F)F. The van der Waals surface area contributed by atoms with Gasteiger partial charge in [-0.3, -0.25) is 15.1 Å². The number of carboxylic acid groups (broad SMARTS) is 1. The number of halogens is 3. The molecule has 0 aliphatic carbocycles. The predicted octanol–water partition coefficient (Wildman–Crippen LogP) is 1.71. The first kappa shape index (κ1) is 11.9.